The molecule has 18 heavy (non-hydrogen) atoms. The fraction of sp³-hybridized carbons (Fsp3) is 0.286. The topological polar surface area (TPSA) is 55.0 Å². The predicted octanol–water partition coefficient (Wildman–Crippen LogP) is 2.53. The Morgan fingerprint density at radius 3 is 2.83 bits per heavy atom. The third kappa shape index (κ3) is 2.77. The molecule has 0 bridgehead atoms. The maximum atomic E-state index is 11.4. The Hall–Kier alpha value is -2.10. The second-order valence-electron chi connectivity index (χ2n) is 4.10. The van der Waals surface area contributed by atoms with Crippen molar-refractivity contribution in [2.45, 2.75) is 20.3 Å². The number of hydrogen-bond donors (Lipinski definition) is 1. The van der Waals surface area contributed by atoms with E-state index in [2.05, 4.69) is 16.9 Å². The summed E-state index contributed by atoms with van der Waals surface area (Å²) in [5.74, 6) is 0.761. The van der Waals surface area contributed by atoms with Crippen LogP contribution >= 0.6 is 0 Å². The molecule has 0 atom stereocenters. The zero-order valence-corrected chi connectivity index (χ0v) is 10.6. The second-order valence-corrected chi connectivity index (χ2v) is 4.10. The molecule has 0 aliphatic rings. The third-order valence-electron chi connectivity index (χ3n) is 2.50. The van der Waals surface area contributed by atoms with Gasteiger partial charge in [0.15, 0.2) is 0 Å². The van der Waals surface area contributed by atoms with E-state index in [0.717, 1.165) is 23.4 Å². The van der Waals surface area contributed by atoms with E-state index in [-0.39, 0.29) is 5.69 Å². The van der Waals surface area contributed by atoms with Crippen LogP contribution in [-0.4, -0.2) is 16.6 Å². The van der Waals surface area contributed by atoms with E-state index >= 15 is 0 Å². The van der Waals surface area contributed by atoms with Crippen molar-refractivity contribution in [1.82, 2.24) is 9.97 Å². The van der Waals surface area contributed by atoms with Crippen LogP contribution in [-0.2, 0) is 0 Å². The molecule has 0 radical (unpaired) electrons. The highest BCUT2D eigenvalue weighted by molar-refractivity contribution is 5.66. The summed E-state index contributed by atoms with van der Waals surface area (Å²) in [7, 11) is 0. The standard InChI is InChI=1S/C14H16N2O2/c1-3-8-18-13-7-5-4-6-11(13)12-9-10(2)15-14(17)16-12/h4-7,9H,3,8H2,1-2H3,(H,15,16,17). The van der Waals surface area contributed by atoms with Gasteiger partial charge in [-0.25, -0.2) is 4.79 Å². The van der Waals surface area contributed by atoms with Gasteiger partial charge in [0.2, 0.25) is 0 Å². The van der Waals surface area contributed by atoms with Crippen molar-refractivity contribution < 1.29 is 4.74 Å². The van der Waals surface area contributed by atoms with Gasteiger partial charge in [-0.3, -0.25) is 0 Å². The Labute approximate surface area is 106 Å². The molecule has 2 rings (SSSR count). The highest BCUT2D eigenvalue weighted by Crippen LogP contribution is 2.27. The highest BCUT2D eigenvalue weighted by Gasteiger charge is 2.08. The fourth-order valence-corrected chi connectivity index (χ4v) is 1.73. The third-order valence-corrected chi connectivity index (χ3v) is 2.50. The maximum Gasteiger partial charge on any atom is 0.345 e. The van der Waals surface area contributed by atoms with Crippen LogP contribution < -0.4 is 10.4 Å². The van der Waals surface area contributed by atoms with E-state index in [1.54, 1.807) is 0 Å². The van der Waals surface area contributed by atoms with E-state index in [9.17, 15) is 4.79 Å². The predicted molar refractivity (Wildman–Crippen MR) is 70.8 cm³/mol. The molecule has 0 aliphatic carbocycles. The van der Waals surface area contributed by atoms with Gasteiger partial charge in [-0.1, -0.05) is 19.1 Å². The van der Waals surface area contributed by atoms with Gasteiger partial charge in [0, 0.05) is 11.3 Å². The lowest BCUT2D eigenvalue weighted by molar-refractivity contribution is 0.318. The van der Waals surface area contributed by atoms with Crippen molar-refractivity contribution in [2.24, 2.45) is 0 Å². The Kier molecular flexibility index (Phi) is 3.77. The molecule has 0 amide bonds. The van der Waals surface area contributed by atoms with Crippen LogP contribution in [0, 0.1) is 6.92 Å². The molecule has 1 heterocycles. The summed E-state index contributed by atoms with van der Waals surface area (Å²) >= 11 is 0. The van der Waals surface area contributed by atoms with E-state index < -0.39 is 0 Å². The Morgan fingerprint density at radius 1 is 1.33 bits per heavy atom. The number of rotatable bonds is 4. The van der Waals surface area contributed by atoms with Gasteiger partial charge < -0.3 is 9.72 Å². The summed E-state index contributed by atoms with van der Waals surface area (Å²) in [6.07, 6.45) is 0.941. The zero-order valence-electron chi connectivity index (χ0n) is 10.6. The molecule has 1 aromatic heterocycles. The molecule has 4 nitrogen and oxygen atoms in total. The van der Waals surface area contributed by atoms with Crippen molar-refractivity contribution in [1.29, 1.82) is 0 Å². The molecule has 1 aromatic carbocycles. The summed E-state index contributed by atoms with van der Waals surface area (Å²) in [5.41, 5.74) is 1.94. The van der Waals surface area contributed by atoms with Gasteiger partial charge in [0.05, 0.1) is 12.3 Å². The minimum absolute atomic E-state index is 0.338. The summed E-state index contributed by atoms with van der Waals surface area (Å²) in [6, 6.07) is 9.46. The van der Waals surface area contributed by atoms with Crippen molar-refractivity contribution in [3.63, 3.8) is 0 Å². The number of hydrogen-bond acceptors (Lipinski definition) is 3. The van der Waals surface area contributed by atoms with Crippen LogP contribution in [0.3, 0.4) is 0 Å². The van der Waals surface area contributed by atoms with Gasteiger partial charge in [0.1, 0.15) is 5.75 Å². The molecule has 0 fully saturated rings. The van der Waals surface area contributed by atoms with E-state index in [0.29, 0.717) is 12.3 Å². The van der Waals surface area contributed by atoms with Crippen molar-refractivity contribution in [3.05, 3.63) is 46.5 Å². The first-order valence-electron chi connectivity index (χ1n) is 6.01. The van der Waals surface area contributed by atoms with Crippen LogP contribution in [0.25, 0.3) is 11.3 Å². The molecule has 0 saturated carbocycles. The number of aryl methyl sites for hydroxylation is 1. The summed E-state index contributed by atoms with van der Waals surface area (Å²) < 4.78 is 5.67. The summed E-state index contributed by atoms with van der Waals surface area (Å²) in [6.45, 7) is 4.54. The lowest BCUT2D eigenvalue weighted by Crippen LogP contribution is -2.12. The first kappa shape index (κ1) is 12.4. The molecular weight excluding hydrogens is 228 g/mol. The Bertz CT molecular complexity index is 590. The van der Waals surface area contributed by atoms with Gasteiger partial charge in [-0.05, 0) is 31.5 Å². The number of para-hydroxylation sites is 1. The Morgan fingerprint density at radius 2 is 2.11 bits per heavy atom. The molecular formula is C14H16N2O2. The minimum Gasteiger partial charge on any atom is -0.493 e. The second kappa shape index (κ2) is 5.49. The lowest BCUT2D eigenvalue weighted by Gasteiger charge is -2.10. The monoisotopic (exact) mass is 244 g/mol. The highest BCUT2D eigenvalue weighted by atomic mass is 16.5. The van der Waals surface area contributed by atoms with Crippen molar-refractivity contribution in [2.75, 3.05) is 6.61 Å². The van der Waals surface area contributed by atoms with E-state index in [4.69, 9.17) is 4.74 Å². The maximum absolute atomic E-state index is 11.4. The molecule has 0 spiro atoms. The number of aromatic nitrogens is 2. The van der Waals surface area contributed by atoms with Crippen LogP contribution in [0.2, 0.25) is 0 Å². The average Bonchev–Trinajstić information content (AvgIpc) is 2.35. The minimum atomic E-state index is -0.338. The number of H-pyrrole nitrogens is 1. The average molecular weight is 244 g/mol. The number of nitrogens with one attached hydrogen (secondary N) is 1. The SMILES string of the molecule is CCCOc1ccccc1-c1cc(C)[nH]c(=O)n1. The normalized spacial score (nSPS) is 10.3. The molecule has 94 valence electrons. The number of ether oxygens (including phenoxy) is 1. The smallest absolute Gasteiger partial charge is 0.345 e. The van der Waals surface area contributed by atoms with Crippen LogP contribution in [0.1, 0.15) is 19.0 Å². The first-order valence-corrected chi connectivity index (χ1v) is 6.01. The largest absolute Gasteiger partial charge is 0.493 e. The van der Waals surface area contributed by atoms with Crippen LogP contribution in [0.4, 0.5) is 0 Å². The lowest BCUT2D eigenvalue weighted by atomic mass is 10.1. The Balaban J connectivity index is 2.46. The van der Waals surface area contributed by atoms with Crippen molar-refractivity contribution in [3.8, 4) is 17.0 Å². The molecule has 4 heteroatoms. The summed E-state index contributed by atoms with van der Waals surface area (Å²) in [5, 5.41) is 0. The van der Waals surface area contributed by atoms with Gasteiger partial charge in [0.25, 0.3) is 0 Å². The summed E-state index contributed by atoms with van der Waals surface area (Å²) in [4.78, 5) is 18.0. The van der Waals surface area contributed by atoms with Crippen LogP contribution in [0.5, 0.6) is 5.75 Å². The van der Waals surface area contributed by atoms with E-state index in [1.165, 1.54) is 0 Å². The molecule has 1 N–H and O–H groups in total. The van der Waals surface area contributed by atoms with Crippen molar-refractivity contribution >= 4 is 0 Å². The molecule has 0 aliphatic heterocycles. The first-order chi connectivity index (χ1) is 8.70. The quantitative estimate of drug-likeness (QED) is 0.899. The molecule has 0 saturated heterocycles. The van der Waals surface area contributed by atoms with Gasteiger partial charge >= 0.3 is 5.69 Å². The van der Waals surface area contributed by atoms with Crippen LogP contribution in [0.15, 0.2) is 35.1 Å². The van der Waals surface area contributed by atoms with Gasteiger partial charge in [-0.15, -0.1) is 0 Å². The molecule has 0 unspecified atom stereocenters. The number of aromatic amines is 1. The number of benzene rings is 1. The van der Waals surface area contributed by atoms with Gasteiger partial charge in [-0.2, -0.15) is 4.98 Å². The van der Waals surface area contributed by atoms with E-state index in [1.807, 2.05) is 37.3 Å². The fourth-order valence-electron chi connectivity index (χ4n) is 1.73. The zero-order chi connectivity index (χ0) is 13.0. The molecule has 2 aromatic rings. The number of nitrogens with zero attached hydrogens (tertiary/aromatic N) is 1.